The molecule has 1 aromatic carbocycles. The molecule has 5 nitrogen and oxygen atoms in total. The molecule has 138 valence electrons. The molecule has 0 spiro atoms. The van der Waals surface area contributed by atoms with Crippen LogP contribution in [0.4, 0.5) is 13.2 Å². The molecule has 2 heterocycles. The van der Waals surface area contributed by atoms with E-state index in [2.05, 4.69) is 31.0 Å². The maximum Gasteiger partial charge on any atom is 0.389 e. The van der Waals surface area contributed by atoms with Gasteiger partial charge in [0.2, 0.25) is 0 Å². The Kier molecular flexibility index (Phi) is 5.59. The van der Waals surface area contributed by atoms with Gasteiger partial charge < -0.3 is 4.74 Å². The van der Waals surface area contributed by atoms with E-state index in [1.807, 2.05) is 0 Å². The van der Waals surface area contributed by atoms with Crippen molar-refractivity contribution in [3.8, 4) is 11.8 Å². The van der Waals surface area contributed by atoms with E-state index in [9.17, 15) is 13.2 Å². The summed E-state index contributed by atoms with van der Waals surface area (Å²) in [4.78, 5) is 7.90. The fourth-order valence-corrected chi connectivity index (χ4v) is 3.10. The molecule has 0 atom stereocenters. The van der Waals surface area contributed by atoms with Crippen molar-refractivity contribution in [3.05, 3.63) is 39.2 Å². The quantitative estimate of drug-likeness (QED) is 0.457. The third-order valence-electron chi connectivity index (χ3n) is 3.36. The average Bonchev–Trinajstić information content (AvgIpc) is 2.85. The van der Waals surface area contributed by atoms with Crippen molar-refractivity contribution in [2.45, 2.75) is 25.6 Å². The molecule has 0 radical (unpaired) electrons. The van der Waals surface area contributed by atoms with Crippen molar-refractivity contribution in [3.63, 3.8) is 0 Å². The first-order valence-electron chi connectivity index (χ1n) is 7.30. The van der Waals surface area contributed by atoms with Crippen LogP contribution in [-0.2, 0) is 6.54 Å². The second kappa shape index (κ2) is 7.58. The first-order chi connectivity index (χ1) is 12.2. The number of hydrogen-bond donors (Lipinski definition) is 0. The molecule has 0 amide bonds. The molecule has 0 aliphatic carbocycles. The molecule has 0 unspecified atom stereocenters. The number of halogens is 6. The largest absolute Gasteiger partial charge is 0.422 e. The summed E-state index contributed by atoms with van der Waals surface area (Å²) >= 11 is 15.2. The minimum atomic E-state index is -4.23. The van der Waals surface area contributed by atoms with Gasteiger partial charge in [0.15, 0.2) is 10.9 Å². The topological polar surface area (TPSA) is 52.8 Å². The third kappa shape index (κ3) is 4.57. The molecule has 3 rings (SSSR count). The fourth-order valence-electron chi connectivity index (χ4n) is 2.33. The highest BCUT2D eigenvalue weighted by atomic mass is 79.9. The Labute approximate surface area is 164 Å². The lowest BCUT2D eigenvalue weighted by molar-refractivity contribution is -0.135. The number of hydrogen-bond acceptors (Lipinski definition) is 4. The van der Waals surface area contributed by atoms with Crippen LogP contribution >= 0.6 is 39.1 Å². The van der Waals surface area contributed by atoms with Crippen molar-refractivity contribution >= 4 is 50.0 Å². The molecule has 0 saturated carbocycles. The molecule has 11 heteroatoms. The van der Waals surface area contributed by atoms with Crippen molar-refractivity contribution < 1.29 is 17.9 Å². The number of aryl methyl sites for hydroxylation is 1. The van der Waals surface area contributed by atoms with E-state index >= 15 is 0 Å². The Balaban J connectivity index is 1.97. The number of ether oxygens (including phenoxy) is 1. The smallest absolute Gasteiger partial charge is 0.389 e. The Morgan fingerprint density at radius 1 is 1.15 bits per heavy atom. The van der Waals surface area contributed by atoms with Crippen LogP contribution in [0.3, 0.4) is 0 Å². The second-order valence-corrected chi connectivity index (χ2v) is 7.03. The van der Waals surface area contributed by atoms with Crippen LogP contribution in [0.25, 0.3) is 10.9 Å². The van der Waals surface area contributed by atoms with Gasteiger partial charge in [-0.15, -0.1) is 0 Å². The number of nitrogens with zero attached hydrogens (tertiary/aromatic N) is 4. The maximum absolute atomic E-state index is 12.4. The van der Waals surface area contributed by atoms with Gasteiger partial charge in [0.05, 0.1) is 17.4 Å². The van der Waals surface area contributed by atoms with Crippen molar-refractivity contribution in [2.75, 3.05) is 0 Å². The lowest BCUT2D eigenvalue weighted by atomic mass is 10.2. The molecular formula is C15H10BrCl2F3N4O. The lowest BCUT2D eigenvalue weighted by Gasteiger charge is -2.10. The summed E-state index contributed by atoms with van der Waals surface area (Å²) in [5.41, 5.74) is 0.457. The summed E-state index contributed by atoms with van der Waals surface area (Å²) in [6.07, 6.45) is -2.55. The van der Waals surface area contributed by atoms with Gasteiger partial charge in [-0.1, -0.05) is 39.1 Å². The van der Waals surface area contributed by atoms with Crippen LogP contribution in [0.5, 0.6) is 11.8 Å². The molecule has 2 aromatic heterocycles. The summed E-state index contributed by atoms with van der Waals surface area (Å²) < 4.78 is 45.0. The normalized spacial score (nSPS) is 11.9. The van der Waals surface area contributed by atoms with Gasteiger partial charge in [-0.3, -0.25) is 4.68 Å². The van der Waals surface area contributed by atoms with E-state index < -0.39 is 12.6 Å². The summed E-state index contributed by atoms with van der Waals surface area (Å²) in [7, 11) is 0. The van der Waals surface area contributed by atoms with Crippen LogP contribution in [0.1, 0.15) is 12.8 Å². The standard InChI is InChI=1S/C15H10BrCl2F3N4O/c16-8-4-10-12(11(5-8)26-14-22-6-9(17)7-23-14)25(24-13(10)18)3-1-2-15(19,20)21/h4-7H,1-3H2. The Bertz CT molecular complexity index is 931. The van der Waals surface area contributed by atoms with Crippen molar-refractivity contribution in [1.82, 2.24) is 19.7 Å². The number of aromatic nitrogens is 4. The average molecular weight is 470 g/mol. The zero-order valence-electron chi connectivity index (χ0n) is 12.9. The van der Waals surface area contributed by atoms with Crippen LogP contribution in [-0.4, -0.2) is 25.9 Å². The molecule has 0 fully saturated rings. The van der Waals surface area contributed by atoms with Crippen molar-refractivity contribution in [1.29, 1.82) is 0 Å². The van der Waals surface area contributed by atoms with E-state index in [1.54, 1.807) is 12.1 Å². The van der Waals surface area contributed by atoms with E-state index in [0.717, 1.165) is 0 Å². The predicted octanol–water partition coefficient (Wildman–Crippen LogP) is 6.03. The van der Waals surface area contributed by atoms with Crippen LogP contribution in [0.2, 0.25) is 10.2 Å². The third-order valence-corrected chi connectivity index (χ3v) is 4.29. The number of fused-ring (bicyclic) bond motifs is 1. The summed E-state index contributed by atoms with van der Waals surface area (Å²) in [5.74, 6) is 0.308. The van der Waals surface area contributed by atoms with E-state index in [0.29, 0.717) is 26.1 Å². The maximum atomic E-state index is 12.4. The van der Waals surface area contributed by atoms with Gasteiger partial charge in [0.1, 0.15) is 5.52 Å². The molecule has 26 heavy (non-hydrogen) atoms. The van der Waals surface area contributed by atoms with Gasteiger partial charge in [-0.25, -0.2) is 9.97 Å². The molecule has 0 aliphatic heterocycles. The molecule has 0 bridgehead atoms. The van der Waals surface area contributed by atoms with Crippen LogP contribution < -0.4 is 4.74 Å². The minimum absolute atomic E-state index is 0.0300. The molecule has 0 saturated heterocycles. The second-order valence-electron chi connectivity index (χ2n) is 5.32. The summed E-state index contributed by atoms with van der Waals surface area (Å²) in [6, 6.07) is 3.38. The minimum Gasteiger partial charge on any atom is -0.422 e. The van der Waals surface area contributed by atoms with Crippen LogP contribution in [0.15, 0.2) is 29.0 Å². The van der Waals surface area contributed by atoms with Gasteiger partial charge in [0.25, 0.3) is 0 Å². The summed E-state index contributed by atoms with van der Waals surface area (Å²) in [6.45, 7) is 0.0300. The number of rotatable bonds is 5. The predicted molar refractivity (Wildman–Crippen MR) is 94.8 cm³/mol. The highest BCUT2D eigenvalue weighted by molar-refractivity contribution is 9.10. The van der Waals surface area contributed by atoms with Gasteiger partial charge in [0, 0.05) is 22.8 Å². The fraction of sp³-hybridized carbons (Fsp3) is 0.267. The van der Waals surface area contributed by atoms with Crippen LogP contribution in [0, 0.1) is 0 Å². The monoisotopic (exact) mass is 468 g/mol. The number of alkyl halides is 3. The van der Waals surface area contributed by atoms with Gasteiger partial charge in [-0.05, 0) is 18.6 Å². The summed E-state index contributed by atoms with van der Waals surface area (Å²) in [5, 5.41) is 5.16. The first-order valence-corrected chi connectivity index (χ1v) is 8.85. The van der Waals surface area contributed by atoms with Gasteiger partial charge >= 0.3 is 12.2 Å². The zero-order chi connectivity index (χ0) is 18.9. The molecule has 3 aromatic rings. The lowest BCUT2D eigenvalue weighted by Crippen LogP contribution is -2.10. The van der Waals surface area contributed by atoms with E-state index in [1.165, 1.54) is 17.1 Å². The van der Waals surface area contributed by atoms with Crippen molar-refractivity contribution in [2.24, 2.45) is 0 Å². The number of benzene rings is 1. The SMILES string of the molecule is FC(F)(F)CCCn1nc(Cl)c2cc(Br)cc(Oc3ncc(Cl)cn3)c21. The molecular weight excluding hydrogens is 460 g/mol. The Morgan fingerprint density at radius 3 is 2.50 bits per heavy atom. The Hall–Kier alpha value is -1.58. The first kappa shape index (κ1) is 19.2. The molecule has 0 N–H and O–H groups in total. The highest BCUT2D eigenvalue weighted by Gasteiger charge is 2.26. The Morgan fingerprint density at radius 2 is 1.85 bits per heavy atom. The van der Waals surface area contributed by atoms with E-state index in [-0.39, 0.29) is 24.1 Å². The highest BCUT2D eigenvalue weighted by Crippen LogP contribution is 2.36. The zero-order valence-corrected chi connectivity index (χ0v) is 16.0. The van der Waals surface area contributed by atoms with Gasteiger partial charge in [-0.2, -0.15) is 18.3 Å². The van der Waals surface area contributed by atoms with E-state index in [4.69, 9.17) is 27.9 Å². The molecule has 0 aliphatic rings.